The zero-order chi connectivity index (χ0) is 12.8. The Labute approximate surface area is 101 Å². The van der Waals surface area contributed by atoms with Gasteiger partial charge in [0, 0.05) is 16.3 Å². The maximum absolute atomic E-state index is 11.0. The molecule has 1 saturated heterocycles. The van der Waals surface area contributed by atoms with E-state index >= 15 is 0 Å². The maximum atomic E-state index is 11.0. The van der Waals surface area contributed by atoms with Crippen LogP contribution in [0.25, 0.3) is 0 Å². The Morgan fingerprint density at radius 3 is 2.88 bits per heavy atom. The minimum Gasteiger partial charge on any atom is -0.366 e. The van der Waals surface area contributed by atoms with Gasteiger partial charge < -0.3 is 10.1 Å². The summed E-state index contributed by atoms with van der Waals surface area (Å²) in [7, 11) is -2.56. The summed E-state index contributed by atoms with van der Waals surface area (Å²) in [6.07, 6.45) is 2.81. The van der Waals surface area contributed by atoms with Crippen LogP contribution in [0, 0.1) is 0 Å². The van der Waals surface area contributed by atoms with Crippen LogP contribution in [0.1, 0.15) is 26.7 Å². The molecule has 0 aromatic carbocycles. The summed E-state index contributed by atoms with van der Waals surface area (Å²) in [5, 5.41) is 2.98. The lowest BCUT2D eigenvalue weighted by molar-refractivity contribution is -0.113. The number of hydrogen-bond acceptors (Lipinski definition) is 5. The highest BCUT2D eigenvalue weighted by atomic mass is 31.1. The summed E-state index contributed by atoms with van der Waals surface area (Å²) in [5.41, 5.74) is 0.631. The molecule has 1 aliphatic heterocycles. The van der Waals surface area contributed by atoms with Crippen LogP contribution < -0.4 is 5.32 Å². The molecule has 1 fully saturated rings. The van der Waals surface area contributed by atoms with E-state index < -0.39 is 8.25 Å². The Morgan fingerprint density at radius 2 is 2.29 bits per heavy atom. The van der Waals surface area contributed by atoms with Crippen molar-refractivity contribution in [2.24, 2.45) is 0 Å². The molecule has 1 heterocycles. The molecule has 0 saturated carbocycles. The molecule has 3 unspecified atom stereocenters. The molecular formula is C10H17NO5P+. The molecule has 0 aromatic rings. The number of allylic oxidation sites excluding steroid dienone is 1. The monoisotopic (exact) mass is 262 g/mol. The maximum Gasteiger partial charge on any atom is 0.694 e. The topological polar surface area (TPSA) is 84.9 Å². The highest BCUT2D eigenvalue weighted by Crippen LogP contribution is 2.22. The van der Waals surface area contributed by atoms with Crippen molar-refractivity contribution < 1.29 is 23.5 Å². The molecule has 0 aromatic heterocycles. The van der Waals surface area contributed by atoms with Gasteiger partial charge in [-0.1, -0.05) is 0 Å². The van der Waals surface area contributed by atoms with E-state index in [1.807, 2.05) is 0 Å². The fraction of sp³-hybridized carbons (Fsp3) is 0.700. The Kier molecular flexibility index (Phi) is 5.71. The number of hydrogen-bond donors (Lipinski definition) is 2. The second-order valence-corrected chi connectivity index (χ2v) is 4.64. The van der Waals surface area contributed by atoms with E-state index in [-0.39, 0.29) is 24.7 Å². The highest BCUT2D eigenvalue weighted by molar-refractivity contribution is 7.32. The summed E-state index contributed by atoms with van der Waals surface area (Å²) in [5.74, 6) is 0.00709. The van der Waals surface area contributed by atoms with Gasteiger partial charge in [-0.3, -0.25) is 4.79 Å². The van der Waals surface area contributed by atoms with Gasteiger partial charge in [0.15, 0.2) is 5.78 Å². The van der Waals surface area contributed by atoms with Crippen molar-refractivity contribution in [3.63, 3.8) is 0 Å². The second-order valence-electron chi connectivity index (χ2n) is 3.91. The summed E-state index contributed by atoms with van der Waals surface area (Å²) in [4.78, 5) is 19.4. The third-order valence-electron chi connectivity index (χ3n) is 2.52. The first kappa shape index (κ1) is 14.3. The van der Waals surface area contributed by atoms with Crippen molar-refractivity contribution >= 4 is 14.0 Å². The van der Waals surface area contributed by atoms with Gasteiger partial charge in [0.2, 0.25) is 0 Å². The van der Waals surface area contributed by atoms with Crippen LogP contribution in [-0.4, -0.2) is 29.6 Å². The molecule has 96 valence electrons. The number of carbonyl (C=O) groups is 1. The lowest BCUT2D eigenvalue weighted by Gasteiger charge is -2.12. The van der Waals surface area contributed by atoms with E-state index in [0.29, 0.717) is 5.57 Å². The third-order valence-corrected chi connectivity index (χ3v) is 2.89. The average Bonchev–Trinajstić information content (AvgIpc) is 2.70. The van der Waals surface area contributed by atoms with E-state index in [1.54, 1.807) is 13.1 Å². The lowest BCUT2D eigenvalue weighted by atomic mass is 10.2. The van der Waals surface area contributed by atoms with Crippen LogP contribution in [0.2, 0.25) is 0 Å². The normalized spacial score (nSPS) is 25.8. The Balaban J connectivity index is 2.28. The molecule has 0 aliphatic carbocycles. The smallest absolute Gasteiger partial charge is 0.366 e. The Bertz CT molecular complexity index is 331. The van der Waals surface area contributed by atoms with Gasteiger partial charge >= 0.3 is 8.25 Å². The molecule has 7 heteroatoms. The molecule has 1 aliphatic rings. The highest BCUT2D eigenvalue weighted by Gasteiger charge is 2.27. The van der Waals surface area contributed by atoms with Crippen LogP contribution >= 0.6 is 8.25 Å². The fourth-order valence-electron chi connectivity index (χ4n) is 1.42. The van der Waals surface area contributed by atoms with E-state index in [4.69, 9.17) is 9.63 Å². The van der Waals surface area contributed by atoms with Crippen LogP contribution in [0.15, 0.2) is 11.8 Å². The van der Waals surface area contributed by atoms with E-state index in [0.717, 1.165) is 12.8 Å². The van der Waals surface area contributed by atoms with E-state index in [9.17, 15) is 9.36 Å². The number of nitrogens with one attached hydrogen (secondary N) is 1. The first-order valence-corrected chi connectivity index (χ1v) is 6.50. The molecular weight excluding hydrogens is 245 g/mol. The van der Waals surface area contributed by atoms with E-state index in [1.165, 1.54) is 6.92 Å². The molecule has 0 radical (unpaired) electrons. The summed E-state index contributed by atoms with van der Waals surface area (Å²) >= 11 is 0. The van der Waals surface area contributed by atoms with Gasteiger partial charge in [-0.15, -0.1) is 9.42 Å². The zero-order valence-electron chi connectivity index (χ0n) is 9.88. The first-order valence-electron chi connectivity index (χ1n) is 5.37. The van der Waals surface area contributed by atoms with Gasteiger partial charge in [-0.2, -0.15) is 0 Å². The van der Waals surface area contributed by atoms with Gasteiger partial charge in [-0.25, -0.2) is 0 Å². The lowest BCUT2D eigenvalue weighted by Crippen LogP contribution is -2.26. The minimum absolute atomic E-state index is 0.00709. The molecule has 3 atom stereocenters. The molecule has 6 nitrogen and oxygen atoms in total. The van der Waals surface area contributed by atoms with Gasteiger partial charge in [0.1, 0.15) is 12.8 Å². The largest absolute Gasteiger partial charge is 0.694 e. The Morgan fingerprint density at radius 1 is 1.59 bits per heavy atom. The van der Waals surface area contributed by atoms with Crippen molar-refractivity contribution in [2.75, 3.05) is 6.61 Å². The SMILES string of the molecule is CC(=O)/C(C)=C\NC1CCC(CO[P+](=O)O)O1. The molecule has 2 N–H and O–H groups in total. The fourth-order valence-corrected chi connectivity index (χ4v) is 1.71. The summed E-state index contributed by atoms with van der Waals surface area (Å²) < 4.78 is 20.4. The van der Waals surface area contributed by atoms with Crippen LogP contribution in [0.3, 0.4) is 0 Å². The standard InChI is InChI=1S/C10H16NO5P/c1-7(8(2)12)5-11-10-4-3-9(16-10)6-15-17(13)14/h5,9-10H,3-4,6H2,1-2H3,(H-,11,12,13,14)/p+1. The van der Waals surface area contributed by atoms with Crippen molar-refractivity contribution in [1.29, 1.82) is 0 Å². The summed E-state index contributed by atoms with van der Waals surface area (Å²) in [6.45, 7) is 3.33. The molecule has 0 amide bonds. The molecule has 1 rings (SSSR count). The van der Waals surface area contributed by atoms with Gasteiger partial charge in [0.05, 0.1) is 6.10 Å². The zero-order valence-corrected chi connectivity index (χ0v) is 10.8. The Hall–Kier alpha value is -0.810. The third kappa shape index (κ3) is 5.37. The van der Waals surface area contributed by atoms with Crippen molar-refractivity contribution in [1.82, 2.24) is 5.32 Å². The quantitative estimate of drug-likeness (QED) is 0.553. The van der Waals surface area contributed by atoms with Crippen molar-refractivity contribution in [3.8, 4) is 0 Å². The average molecular weight is 262 g/mol. The van der Waals surface area contributed by atoms with Crippen molar-refractivity contribution in [2.45, 2.75) is 39.0 Å². The summed E-state index contributed by atoms with van der Waals surface area (Å²) in [6, 6.07) is 0. The first-order chi connectivity index (χ1) is 7.99. The number of Topliss-reactive ketones (excluding diaryl/α,β-unsaturated/α-hetero) is 1. The number of ether oxygens (including phenoxy) is 1. The number of ketones is 1. The predicted molar refractivity (Wildman–Crippen MR) is 61.2 cm³/mol. The van der Waals surface area contributed by atoms with Crippen molar-refractivity contribution in [3.05, 3.63) is 11.8 Å². The number of rotatable bonds is 6. The van der Waals surface area contributed by atoms with Gasteiger partial charge in [-0.05, 0) is 26.7 Å². The van der Waals surface area contributed by atoms with Crippen LogP contribution in [-0.2, 0) is 18.6 Å². The molecule has 0 bridgehead atoms. The number of carbonyl (C=O) groups excluding carboxylic acids is 1. The molecule has 17 heavy (non-hydrogen) atoms. The van der Waals surface area contributed by atoms with Crippen LogP contribution in [0.5, 0.6) is 0 Å². The van der Waals surface area contributed by atoms with Gasteiger partial charge in [0.25, 0.3) is 0 Å². The minimum atomic E-state index is -2.56. The predicted octanol–water partition coefficient (Wildman–Crippen LogP) is 1.24. The second kappa shape index (κ2) is 6.81. The van der Waals surface area contributed by atoms with Crippen LogP contribution in [0.4, 0.5) is 0 Å². The van der Waals surface area contributed by atoms with E-state index in [2.05, 4.69) is 9.84 Å². The molecule has 0 spiro atoms.